The zero-order valence-electron chi connectivity index (χ0n) is 15.3. The first-order valence-corrected chi connectivity index (χ1v) is 9.79. The zero-order chi connectivity index (χ0) is 18.4. The molecule has 0 radical (unpaired) electrons. The topological polar surface area (TPSA) is 100 Å². The van der Waals surface area contributed by atoms with Crippen molar-refractivity contribution in [1.29, 1.82) is 0 Å². The maximum absolute atomic E-state index is 12.3. The molecule has 2 aliphatic heterocycles. The van der Waals surface area contributed by atoms with Gasteiger partial charge in [0, 0.05) is 19.1 Å². The molecule has 8 nitrogen and oxygen atoms in total. The molecule has 1 aliphatic carbocycles. The lowest BCUT2D eigenvalue weighted by Gasteiger charge is -2.37. The van der Waals surface area contributed by atoms with Gasteiger partial charge in [0.1, 0.15) is 6.10 Å². The van der Waals surface area contributed by atoms with Crippen LogP contribution in [0.4, 0.5) is 0 Å². The number of nitrogens with zero attached hydrogens (tertiary/aromatic N) is 1. The standard InChI is InChI=1S/C18H31N3O5/c22-12-16-15(20-18(24)11-21-6-8-25-9-7-21)5-4-14(26-16)10-17(23)19-13-2-1-3-13/h13-16,22H,1-12H2,(H,19,23)(H,20,24)/t14-,15-,16-/m0/s1. The van der Waals surface area contributed by atoms with E-state index in [1.807, 2.05) is 0 Å². The molecule has 0 aromatic heterocycles. The minimum Gasteiger partial charge on any atom is -0.394 e. The Morgan fingerprint density at radius 3 is 2.46 bits per heavy atom. The van der Waals surface area contributed by atoms with Crippen LogP contribution in [-0.2, 0) is 19.1 Å². The monoisotopic (exact) mass is 369 g/mol. The van der Waals surface area contributed by atoms with Crippen molar-refractivity contribution in [2.75, 3.05) is 39.5 Å². The maximum atomic E-state index is 12.3. The number of nitrogens with one attached hydrogen (secondary N) is 2. The van der Waals surface area contributed by atoms with Crippen molar-refractivity contribution < 1.29 is 24.2 Å². The van der Waals surface area contributed by atoms with E-state index in [0.717, 1.165) is 25.9 Å². The molecular formula is C18H31N3O5. The average Bonchev–Trinajstić information content (AvgIpc) is 2.60. The fourth-order valence-corrected chi connectivity index (χ4v) is 3.71. The Balaban J connectivity index is 1.40. The highest BCUT2D eigenvalue weighted by Gasteiger charge is 2.33. The molecule has 0 spiro atoms. The van der Waals surface area contributed by atoms with E-state index in [1.54, 1.807) is 0 Å². The zero-order valence-corrected chi connectivity index (χ0v) is 15.3. The van der Waals surface area contributed by atoms with E-state index in [1.165, 1.54) is 6.42 Å². The molecule has 0 unspecified atom stereocenters. The summed E-state index contributed by atoms with van der Waals surface area (Å²) in [5.41, 5.74) is 0. The molecule has 148 valence electrons. The molecule has 3 fully saturated rings. The third kappa shape index (κ3) is 5.64. The number of aliphatic hydroxyl groups is 1. The maximum Gasteiger partial charge on any atom is 0.234 e. The van der Waals surface area contributed by atoms with Crippen molar-refractivity contribution in [1.82, 2.24) is 15.5 Å². The van der Waals surface area contributed by atoms with Crippen LogP contribution in [0.25, 0.3) is 0 Å². The number of hydrogen-bond acceptors (Lipinski definition) is 6. The van der Waals surface area contributed by atoms with Gasteiger partial charge in [-0.2, -0.15) is 0 Å². The van der Waals surface area contributed by atoms with Crippen molar-refractivity contribution in [2.24, 2.45) is 0 Å². The summed E-state index contributed by atoms with van der Waals surface area (Å²) in [7, 11) is 0. The summed E-state index contributed by atoms with van der Waals surface area (Å²) in [6.07, 6.45) is 4.39. The highest BCUT2D eigenvalue weighted by molar-refractivity contribution is 5.78. The minimum absolute atomic E-state index is 0.0196. The molecule has 0 aromatic rings. The van der Waals surface area contributed by atoms with Crippen molar-refractivity contribution in [2.45, 2.75) is 62.8 Å². The molecule has 0 bridgehead atoms. The second-order valence-corrected chi connectivity index (χ2v) is 7.52. The van der Waals surface area contributed by atoms with Crippen LogP contribution in [0.15, 0.2) is 0 Å². The van der Waals surface area contributed by atoms with Crippen LogP contribution in [-0.4, -0.2) is 85.6 Å². The number of ether oxygens (including phenoxy) is 2. The SMILES string of the molecule is O=C(C[C@@H]1CC[C@H](NC(=O)CN2CCOCC2)[C@H](CO)O1)NC1CCC1. The molecule has 2 saturated heterocycles. The Hall–Kier alpha value is -1.22. The van der Waals surface area contributed by atoms with E-state index in [2.05, 4.69) is 15.5 Å². The Morgan fingerprint density at radius 2 is 1.81 bits per heavy atom. The lowest BCUT2D eigenvalue weighted by molar-refractivity contribution is -0.137. The van der Waals surface area contributed by atoms with Gasteiger partial charge in [-0.25, -0.2) is 0 Å². The van der Waals surface area contributed by atoms with Crippen LogP contribution in [0, 0.1) is 0 Å². The molecule has 1 saturated carbocycles. The first kappa shape index (κ1) is 19.5. The molecule has 3 N–H and O–H groups in total. The van der Waals surface area contributed by atoms with Crippen molar-refractivity contribution in [3.05, 3.63) is 0 Å². The lowest BCUT2D eigenvalue weighted by atomic mass is 9.92. The number of carbonyl (C=O) groups excluding carboxylic acids is 2. The van der Waals surface area contributed by atoms with Crippen molar-refractivity contribution >= 4 is 11.8 Å². The second kappa shape index (κ2) is 9.64. The van der Waals surface area contributed by atoms with Gasteiger partial charge in [0.05, 0.1) is 44.9 Å². The number of morpholine rings is 1. The third-order valence-corrected chi connectivity index (χ3v) is 5.50. The normalized spacial score (nSPS) is 30.4. The lowest BCUT2D eigenvalue weighted by Crippen LogP contribution is -2.54. The summed E-state index contributed by atoms with van der Waals surface area (Å²) in [6.45, 7) is 3.01. The van der Waals surface area contributed by atoms with Gasteiger partial charge in [0.2, 0.25) is 11.8 Å². The largest absolute Gasteiger partial charge is 0.394 e. The van der Waals surface area contributed by atoms with E-state index in [0.29, 0.717) is 45.1 Å². The molecule has 2 heterocycles. The Labute approximate surface area is 154 Å². The van der Waals surface area contributed by atoms with Gasteiger partial charge in [0.15, 0.2) is 0 Å². The first-order valence-electron chi connectivity index (χ1n) is 9.79. The summed E-state index contributed by atoms with van der Waals surface area (Å²) >= 11 is 0. The van der Waals surface area contributed by atoms with Crippen LogP contribution >= 0.6 is 0 Å². The number of amides is 2. The quantitative estimate of drug-likeness (QED) is 0.554. The van der Waals surface area contributed by atoms with Crippen LogP contribution < -0.4 is 10.6 Å². The summed E-state index contributed by atoms with van der Waals surface area (Å²) in [6, 6.07) is 0.117. The molecule has 8 heteroatoms. The van der Waals surface area contributed by atoms with E-state index in [4.69, 9.17) is 9.47 Å². The second-order valence-electron chi connectivity index (χ2n) is 7.52. The summed E-state index contributed by atoms with van der Waals surface area (Å²) < 4.78 is 11.2. The van der Waals surface area contributed by atoms with Gasteiger partial charge in [0.25, 0.3) is 0 Å². The Kier molecular flexibility index (Phi) is 7.24. The molecule has 3 aliphatic rings. The molecule has 3 atom stereocenters. The summed E-state index contributed by atoms with van der Waals surface area (Å²) in [4.78, 5) is 26.4. The van der Waals surface area contributed by atoms with Crippen LogP contribution in [0.2, 0.25) is 0 Å². The molecule has 3 rings (SSSR count). The first-order chi connectivity index (χ1) is 12.6. The Bertz CT molecular complexity index is 479. The fraction of sp³-hybridized carbons (Fsp3) is 0.889. The van der Waals surface area contributed by atoms with Gasteiger partial charge in [-0.15, -0.1) is 0 Å². The third-order valence-electron chi connectivity index (χ3n) is 5.50. The van der Waals surface area contributed by atoms with Crippen LogP contribution in [0.1, 0.15) is 38.5 Å². The van der Waals surface area contributed by atoms with Gasteiger partial charge >= 0.3 is 0 Å². The van der Waals surface area contributed by atoms with Gasteiger partial charge in [-0.3, -0.25) is 14.5 Å². The predicted octanol–water partition coefficient (Wildman–Crippen LogP) is -0.598. The number of rotatable bonds is 7. The fourth-order valence-electron chi connectivity index (χ4n) is 3.71. The summed E-state index contributed by atoms with van der Waals surface area (Å²) in [5.74, 6) is -0.0358. The molecular weight excluding hydrogens is 338 g/mol. The minimum atomic E-state index is -0.459. The van der Waals surface area contributed by atoms with E-state index >= 15 is 0 Å². The van der Waals surface area contributed by atoms with Crippen molar-refractivity contribution in [3.8, 4) is 0 Å². The number of aliphatic hydroxyl groups excluding tert-OH is 1. The van der Waals surface area contributed by atoms with Crippen LogP contribution in [0.5, 0.6) is 0 Å². The average molecular weight is 369 g/mol. The summed E-state index contributed by atoms with van der Waals surface area (Å²) in [5, 5.41) is 15.6. The van der Waals surface area contributed by atoms with Crippen LogP contribution in [0.3, 0.4) is 0 Å². The smallest absolute Gasteiger partial charge is 0.234 e. The number of carbonyl (C=O) groups is 2. The highest BCUT2D eigenvalue weighted by Crippen LogP contribution is 2.23. The van der Waals surface area contributed by atoms with Gasteiger partial charge in [-0.1, -0.05) is 0 Å². The van der Waals surface area contributed by atoms with E-state index in [-0.39, 0.29) is 30.6 Å². The number of hydrogen-bond donors (Lipinski definition) is 3. The highest BCUT2D eigenvalue weighted by atomic mass is 16.5. The molecule has 2 amide bonds. The van der Waals surface area contributed by atoms with Gasteiger partial charge < -0.3 is 25.2 Å². The Morgan fingerprint density at radius 1 is 1.04 bits per heavy atom. The van der Waals surface area contributed by atoms with Gasteiger partial charge in [-0.05, 0) is 32.1 Å². The van der Waals surface area contributed by atoms with E-state index < -0.39 is 6.10 Å². The van der Waals surface area contributed by atoms with E-state index in [9.17, 15) is 14.7 Å². The molecule has 0 aromatic carbocycles. The molecule has 26 heavy (non-hydrogen) atoms. The predicted molar refractivity (Wildman–Crippen MR) is 94.6 cm³/mol. The van der Waals surface area contributed by atoms with Crippen molar-refractivity contribution in [3.63, 3.8) is 0 Å².